The number of ether oxygens (including phenoxy) is 1. The van der Waals surface area contributed by atoms with Gasteiger partial charge in [0.1, 0.15) is 0 Å². The Kier molecular flexibility index (Phi) is 4.68. The molecule has 0 spiro atoms. The van der Waals surface area contributed by atoms with Crippen LogP contribution in [0.25, 0.3) is 0 Å². The lowest BCUT2D eigenvalue weighted by atomic mass is 10.4. The summed E-state index contributed by atoms with van der Waals surface area (Å²) in [5, 5.41) is 3.00. The fourth-order valence-corrected chi connectivity index (χ4v) is 1.23. The van der Waals surface area contributed by atoms with E-state index in [0.717, 1.165) is 5.69 Å². The molecule has 94 valence electrons. The van der Waals surface area contributed by atoms with Crippen LogP contribution in [0.4, 0.5) is 5.95 Å². The van der Waals surface area contributed by atoms with E-state index in [0.29, 0.717) is 24.8 Å². The summed E-state index contributed by atoms with van der Waals surface area (Å²) < 4.78 is 5.04. The molecule has 17 heavy (non-hydrogen) atoms. The maximum absolute atomic E-state index is 11.3. The monoisotopic (exact) mass is 238 g/mol. The molecule has 0 radical (unpaired) electrons. The van der Waals surface area contributed by atoms with Gasteiger partial charge in [0.05, 0.1) is 7.11 Å². The summed E-state index contributed by atoms with van der Waals surface area (Å²) in [6.45, 7) is 2.37. The number of methoxy groups -OCH3 is 1. The second-order valence-corrected chi connectivity index (χ2v) is 3.84. The van der Waals surface area contributed by atoms with Crippen molar-refractivity contribution in [3.05, 3.63) is 11.8 Å². The van der Waals surface area contributed by atoms with Crippen LogP contribution in [0.3, 0.4) is 0 Å². The van der Waals surface area contributed by atoms with Crippen LogP contribution >= 0.6 is 0 Å². The third kappa shape index (κ3) is 4.26. The lowest BCUT2D eigenvalue weighted by molar-refractivity contribution is -0.128. The number of nitrogens with one attached hydrogen (secondary N) is 1. The predicted molar refractivity (Wildman–Crippen MR) is 65.1 cm³/mol. The Morgan fingerprint density at radius 1 is 1.47 bits per heavy atom. The third-order valence-electron chi connectivity index (χ3n) is 2.16. The van der Waals surface area contributed by atoms with Crippen molar-refractivity contribution in [3.8, 4) is 5.88 Å². The molecule has 6 nitrogen and oxygen atoms in total. The first-order valence-corrected chi connectivity index (χ1v) is 5.36. The summed E-state index contributed by atoms with van der Waals surface area (Å²) in [6.07, 6.45) is 0.409. The van der Waals surface area contributed by atoms with E-state index in [-0.39, 0.29) is 5.91 Å². The molecule has 1 amide bonds. The van der Waals surface area contributed by atoms with E-state index in [1.165, 1.54) is 0 Å². The summed E-state index contributed by atoms with van der Waals surface area (Å²) in [7, 11) is 5.02. The maximum Gasteiger partial charge on any atom is 0.226 e. The Bertz CT molecular complexity index is 393. The molecule has 0 saturated heterocycles. The quantitative estimate of drug-likeness (QED) is 0.817. The zero-order valence-corrected chi connectivity index (χ0v) is 10.6. The molecule has 1 aromatic rings. The zero-order valence-electron chi connectivity index (χ0n) is 10.6. The fourth-order valence-electron chi connectivity index (χ4n) is 1.23. The topological polar surface area (TPSA) is 67.3 Å². The Labute approximate surface area is 101 Å². The van der Waals surface area contributed by atoms with Crippen molar-refractivity contribution in [1.29, 1.82) is 0 Å². The SMILES string of the molecule is COc1cc(C)nc(NCCC(=O)N(C)C)n1. The van der Waals surface area contributed by atoms with Crippen LogP contribution in [0.2, 0.25) is 0 Å². The highest BCUT2D eigenvalue weighted by atomic mass is 16.5. The lowest BCUT2D eigenvalue weighted by Crippen LogP contribution is -2.24. The van der Waals surface area contributed by atoms with E-state index >= 15 is 0 Å². The number of aryl methyl sites for hydroxylation is 1. The van der Waals surface area contributed by atoms with Crippen LogP contribution in [0, 0.1) is 6.92 Å². The van der Waals surface area contributed by atoms with E-state index in [9.17, 15) is 4.79 Å². The molecular formula is C11H18N4O2. The molecule has 0 aliphatic carbocycles. The standard InChI is InChI=1S/C11H18N4O2/c1-8-7-9(17-4)14-11(13-8)12-6-5-10(16)15(2)3/h7H,5-6H2,1-4H3,(H,12,13,14). The van der Waals surface area contributed by atoms with Gasteiger partial charge in [-0.05, 0) is 6.92 Å². The van der Waals surface area contributed by atoms with Crippen LogP contribution in [0.15, 0.2) is 6.07 Å². The smallest absolute Gasteiger partial charge is 0.226 e. The minimum Gasteiger partial charge on any atom is -0.481 e. The molecule has 1 heterocycles. The number of carbonyl (C=O) groups excluding carboxylic acids is 1. The second kappa shape index (κ2) is 6.03. The molecule has 0 bridgehead atoms. The Morgan fingerprint density at radius 3 is 2.76 bits per heavy atom. The van der Waals surface area contributed by atoms with Crippen molar-refractivity contribution in [2.75, 3.05) is 33.1 Å². The van der Waals surface area contributed by atoms with Gasteiger partial charge >= 0.3 is 0 Å². The number of hydrogen-bond donors (Lipinski definition) is 1. The van der Waals surface area contributed by atoms with Gasteiger partial charge in [-0.1, -0.05) is 0 Å². The van der Waals surface area contributed by atoms with Crippen LogP contribution < -0.4 is 10.1 Å². The lowest BCUT2D eigenvalue weighted by Gasteiger charge is -2.11. The average molecular weight is 238 g/mol. The summed E-state index contributed by atoms with van der Waals surface area (Å²) >= 11 is 0. The van der Waals surface area contributed by atoms with E-state index in [2.05, 4.69) is 15.3 Å². The molecule has 1 aromatic heterocycles. The van der Waals surface area contributed by atoms with Crippen LogP contribution in [-0.2, 0) is 4.79 Å². The van der Waals surface area contributed by atoms with E-state index < -0.39 is 0 Å². The Hall–Kier alpha value is -1.85. The summed E-state index contributed by atoms with van der Waals surface area (Å²) in [5.41, 5.74) is 0.818. The molecule has 0 unspecified atom stereocenters. The largest absolute Gasteiger partial charge is 0.481 e. The molecular weight excluding hydrogens is 220 g/mol. The minimum atomic E-state index is 0.0668. The Balaban J connectivity index is 2.52. The van der Waals surface area contributed by atoms with Crippen molar-refractivity contribution in [2.45, 2.75) is 13.3 Å². The summed E-state index contributed by atoms with van der Waals surface area (Å²) in [4.78, 5) is 21.2. The van der Waals surface area contributed by atoms with Crippen molar-refractivity contribution in [1.82, 2.24) is 14.9 Å². The molecule has 0 aromatic carbocycles. The second-order valence-electron chi connectivity index (χ2n) is 3.84. The Morgan fingerprint density at radius 2 is 2.18 bits per heavy atom. The number of rotatable bonds is 5. The third-order valence-corrected chi connectivity index (χ3v) is 2.16. The highest BCUT2D eigenvalue weighted by Crippen LogP contribution is 2.10. The van der Waals surface area contributed by atoms with Gasteiger partial charge in [0.2, 0.25) is 17.7 Å². The molecule has 1 rings (SSSR count). The molecule has 0 atom stereocenters. The first-order valence-electron chi connectivity index (χ1n) is 5.36. The first kappa shape index (κ1) is 13.2. The highest BCUT2D eigenvalue weighted by molar-refractivity contribution is 5.75. The molecule has 0 aliphatic heterocycles. The van der Waals surface area contributed by atoms with E-state index in [1.54, 1.807) is 32.2 Å². The van der Waals surface area contributed by atoms with Crippen molar-refractivity contribution < 1.29 is 9.53 Å². The molecule has 0 saturated carbocycles. The number of amides is 1. The van der Waals surface area contributed by atoms with Gasteiger partial charge in [-0.25, -0.2) is 4.98 Å². The van der Waals surface area contributed by atoms with Gasteiger partial charge in [-0.15, -0.1) is 0 Å². The number of carbonyl (C=O) groups is 1. The first-order chi connectivity index (χ1) is 8.02. The zero-order chi connectivity index (χ0) is 12.8. The maximum atomic E-state index is 11.3. The van der Waals surface area contributed by atoms with Gasteiger partial charge in [-0.2, -0.15) is 4.98 Å². The van der Waals surface area contributed by atoms with Crippen LogP contribution in [0.1, 0.15) is 12.1 Å². The van der Waals surface area contributed by atoms with Gasteiger partial charge in [-0.3, -0.25) is 4.79 Å². The van der Waals surface area contributed by atoms with Crippen molar-refractivity contribution in [2.24, 2.45) is 0 Å². The van der Waals surface area contributed by atoms with Gasteiger partial charge in [0, 0.05) is 38.8 Å². The molecule has 0 aliphatic rings. The summed E-state index contributed by atoms with van der Waals surface area (Å²) in [5.74, 6) is 1.06. The molecule has 6 heteroatoms. The number of hydrogen-bond acceptors (Lipinski definition) is 5. The number of nitrogens with zero attached hydrogens (tertiary/aromatic N) is 3. The van der Waals surface area contributed by atoms with Gasteiger partial charge in [0.25, 0.3) is 0 Å². The van der Waals surface area contributed by atoms with Gasteiger partial charge < -0.3 is 15.0 Å². The highest BCUT2D eigenvalue weighted by Gasteiger charge is 2.05. The minimum absolute atomic E-state index is 0.0668. The van der Waals surface area contributed by atoms with Crippen LogP contribution in [0.5, 0.6) is 5.88 Å². The predicted octanol–water partition coefficient (Wildman–Crippen LogP) is 0.684. The van der Waals surface area contributed by atoms with Gasteiger partial charge in [0.15, 0.2) is 0 Å². The average Bonchev–Trinajstić information content (AvgIpc) is 2.27. The number of anilines is 1. The van der Waals surface area contributed by atoms with Crippen LogP contribution in [-0.4, -0.2) is 48.5 Å². The fraction of sp³-hybridized carbons (Fsp3) is 0.545. The molecule has 1 N–H and O–H groups in total. The van der Waals surface area contributed by atoms with E-state index in [4.69, 9.17) is 4.74 Å². The number of aromatic nitrogens is 2. The normalized spacial score (nSPS) is 9.88. The van der Waals surface area contributed by atoms with Crippen molar-refractivity contribution in [3.63, 3.8) is 0 Å². The van der Waals surface area contributed by atoms with E-state index in [1.807, 2.05) is 6.92 Å². The molecule has 0 fully saturated rings. The van der Waals surface area contributed by atoms with Crippen molar-refractivity contribution >= 4 is 11.9 Å². The summed E-state index contributed by atoms with van der Waals surface area (Å²) in [6, 6.07) is 1.75.